The van der Waals surface area contributed by atoms with Crippen molar-refractivity contribution in [2.24, 2.45) is 5.92 Å². The number of hydrogen-bond donors (Lipinski definition) is 2. The van der Waals surface area contributed by atoms with E-state index in [1.54, 1.807) is 12.4 Å². The van der Waals surface area contributed by atoms with Gasteiger partial charge in [-0.3, -0.25) is 9.20 Å². The molecule has 2 atom stereocenters. The molecule has 0 aromatic carbocycles. The number of carboxylic acid groups (broad SMARTS) is 1. The quantitative estimate of drug-likeness (QED) is 0.821. The Kier molecular flexibility index (Phi) is 2.71. The lowest BCUT2D eigenvalue weighted by molar-refractivity contribution is -0.143. The zero-order valence-electron chi connectivity index (χ0n) is 9.78. The van der Waals surface area contributed by atoms with E-state index in [1.807, 2.05) is 16.7 Å². The van der Waals surface area contributed by atoms with E-state index in [0.717, 1.165) is 11.5 Å². The van der Waals surface area contributed by atoms with Crippen molar-refractivity contribution in [3.8, 4) is 0 Å². The van der Waals surface area contributed by atoms with E-state index in [9.17, 15) is 4.79 Å². The van der Waals surface area contributed by atoms with Gasteiger partial charge in [-0.15, -0.1) is 0 Å². The van der Waals surface area contributed by atoms with Gasteiger partial charge >= 0.3 is 5.97 Å². The number of imidazole rings is 1. The van der Waals surface area contributed by atoms with E-state index in [0.29, 0.717) is 19.4 Å². The molecule has 0 saturated carbocycles. The molecule has 2 unspecified atom stereocenters. The molecule has 6 heteroatoms. The average molecular weight is 246 g/mol. The number of aromatic nitrogens is 3. The molecule has 1 aliphatic rings. The highest BCUT2D eigenvalue weighted by Gasteiger charge is 2.29. The fourth-order valence-electron chi connectivity index (χ4n) is 2.47. The Morgan fingerprint density at radius 2 is 2.33 bits per heavy atom. The first-order valence-corrected chi connectivity index (χ1v) is 6.00. The maximum absolute atomic E-state index is 11.1. The number of fused-ring (bicyclic) bond motifs is 1. The van der Waals surface area contributed by atoms with E-state index < -0.39 is 5.97 Å². The number of aliphatic carboxylic acids is 1. The maximum Gasteiger partial charge on any atom is 0.306 e. The second kappa shape index (κ2) is 4.38. The first-order valence-electron chi connectivity index (χ1n) is 6.00. The number of nitrogens with zero attached hydrogens (tertiary/aromatic N) is 3. The molecule has 1 fully saturated rings. The summed E-state index contributed by atoms with van der Waals surface area (Å²) in [5, 5.41) is 12.4. The van der Waals surface area contributed by atoms with Crippen LogP contribution in [0, 0.1) is 5.92 Å². The van der Waals surface area contributed by atoms with Gasteiger partial charge in [-0.2, -0.15) is 0 Å². The van der Waals surface area contributed by atoms with Crippen LogP contribution < -0.4 is 5.32 Å². The molecule has 18 heavy (non-hydrogen) atoms. The molecular formula is C12H14N4O2. The summed E-state index contributed by atoms with van der Waals surface area (Å²) < 4.78 is 1.90. The normalized spacial score (nSPS) is 24.2. The number of rotatable bonds is 2. The van der Waals surface area contributed by atoms with Crippen LogP contribution in [0.25, 0.3) is 5.65 Å². The SMILES string of the molecule is O=C(O)C1CCNC(c2nccc3nccn23)C1. The molecule has 2 aromatic heterocycles. The molecular weight excluding hydrogens is 232 g/mol. The second-order valence-corrected chi connectivity index (χ2v) is 4.52. The van der Waals surface area contributed by atoms with Gasteiger partial charge in [0.15, 0.2) is 0 Å². The minimum absolute atomic E-state index is 0.0299. The van der Waals surface area contributed by atoms with Crippen molar-refractivity contribution in [3.63, 3.8) is 0 Å². The highest BCUT2D eigenvalue weighted by atomic mass is 16.4. The lowest BCUT2D eigenvalue weighted by Gasteiger charge is -2.27. The summed E-state index contributed by atoms with van der Waals surface area (Å²) >= 11 is 0. The summed E-state index contributed by atoms with van der Waals surface area (Å²) in [7, 11) is 0. The summed E-state index contributed by atoms with van der Waals surface area (Å²) in [5.74, 6) is -0.188. The third-order valence-corrected chi connectivity index (χ3v) is 3.41. The Bertz CT molecular complexity index is 580. The summed E-state index contributed by atoms with van der Waals surface area (Å²) in [4.78, 5) is 19.6. The Balaban J connectivity index is 1.94. The van der Waals surface area contributed by atoms with Crippen molar-refractivity contribution < 1.29 is 9.90 Å². The van der Waals surface area contributed by atoms with Crippen LogP contribution in [0.15, 0.2) is 24.7 Å². The van der Waals surface area contributed by atoms with Crippen LogP contribution in [-0.4, -0.2) is 32.0 Å². The predicted molar refractivity (Wildman–Crippen MR) is 64.1 cm³/mol. The van der Waals surface area contributed by atoms with Gasteiger partial charge in [0, 0.05) is 18.6 Å². The van der Waals surface area contributed by atoms with Crippen LogP contribution >= 0.6 is 0 Å². The van der Waals surface area contributed by atoms with Gasteiger partial charge in [0.25, 0.3) is 0 Å². The number of piperidine rings is 1. The number of hydrogen-bond acceptors (Lipinski definition) is 4. The standard InChI is InChI=1S/C12H14N4O2/c17-12(18)8-1-3-13-9(7-8)11-15-4-2-10-14-5-6-16(10)11/h2,4-6,8-9,13H,1,3,7H2,(H,17,18). The summed E-state index contributed by atoms with van der Waals surface area (Å²) in [5.41, 5.74) is 0.833. The topological polar surface area (TPSA) is 79.5 Å². The molecule has 6 nitrogen and oxygen atoms in total. The van der Waals surface area contributed by atoms with Crippen molar-refractivity contribution in [3.05, 3.63) is 30.5 Å². The molecule has 0 radical (unpaired) electrons. The average Bonchev–Trinajstić information content (AvgIpc) is 2.87. The van der Waals surface area contributed by atoms with Gasteiger partial charge < -0.3 is 10.4 Å². The predicted octanol–water partition coefficient (Wildman–Crippen LogP) is 0.855. The van der Waals surface area contributed by atoms with E-state index in [1.165, 1.54) is 0 Å². The molecule has 0 amide bonds. The Morgan fingerprint density at radius 1 is 1.44 bits per heavy atom. The van der Waals surface area contributed by atoms with Crippen LogP contribution in [0.5, 0.6) is 0 Å². The molecule has 2 N–H and O–H groups in total. The summed E-state index contributed by atoms with van der Waals surface area (Å²) in [6.07, 6.45) is 6.52. The van der Waals surface area contributed by atoms with E-state index in [-0.39, 0.29) is 12.0 Å². The molecule has 0 spiro atoms. The van der Waals surface area contributed by atoms with Gasteiger partial charge in [0.05, 0.1) is 12.0 Å². The first kappa shape index (κ1) is 11.2. The lowest BCUT2D eigenvalue weighted by atomic mass is 9.92. The molecule has 3 heterocycles. The van der Waals surface area contributed by atoms with E-state index in [4.69, 9.17) is 5.11 Å². The molecule has 2 aromatic rings. The van der Waals surface area contributed by atoms with Crippen molar-refractivity contribution in [1.82, 2.24) is 19.7 Å². The van der Waals surface area contributed by atoms with Crippen molar-refractivity contribution in [2.75, 3.05) is 6.54 Å². The Labute approximate surface area is 104 Å². The summed E-state index contributed by atoms with van der Waals surface area (Å²) in [6, 6.07) is 1.80. The highest BCUT2D eigenvalue weighted by Crippen LogP contribution is 2.26. The molecule has 1 aliphatic heterocycles. The van der Waals surface area contributed by atoms with E-state index >= 15 is 0 Å². The van der Waals surface area contributed by atoms with Gasteiger partial charge in [0.2, 0.25) is 0 Å². The first-order chi connectivity index (χ1) is 8.75. The van der Waals surface area contributed by atoms with Gasteiger partial charge in [-0.1, -0.05) is 0 Å². The summed E-state index contributed by atoms with van der Waals surface area (Å²) in [6.45, 7) is 0.703. The van der Waals surface area contributed by atoms with Crippen LogP contribution in [0.1, 0.15) is 24.7 Å². The van der Waals surface area contributed by atoms with Gasteiger partial charge in [-0.05, 0) is 25.5 Å². The molecule has 1 saturated heterocycles. The smallest absolute Gasteiger partial charge is 0.306 e. The largest absolute Gasteiger partial charge is 0.481 e. The second-order valence-electron chi connectivity index (χ2n) is 4.52. The van der Waals surface area contributed by atoms with E-state index in [2.05, 4.69) is 15.3 Å². The van der Waals surface area contributed by atoms with Crippen LogP contribution in [0.2, 0.25) is 0 Å². The van der Waals surface area contributed by atoms with Crippen LogP contribution in [0.3, 0.4) is 0 Å². The zero-order valence-corrected chi connectivity index (χ0v) is 9.78. The minimum Gasteiger partial charge on any atom is -0.481 e. The van der Waals surface area contributed by atoms with Crippen LogP contribution in [0.4, 0.5) is 0 Å². The molecule has 0 bridgehead atoms. The maximum atomic E-state index is 11.1. The van der Waals surface area contributed by atoms with Gasteiger partial charge in [-0.25, -0.2) is 9.97 Å². The zero-order chi connectivity index (χ0) is 12.5. The Morgan fingerprint density at radius 3 is 3.17 bits per heavy atom. The molecule has 3 rings (SSSR count). The minimum atomic E-state index is -0.723. The Hall–Kier alpha value is -1.95. The van der Waals surface area contributed by atoms with Crippen LogP contribution in [-0.2, 0) is 4.79 Å². The fraction of sp³-hybridized carbons (Fsp3) is 0.417. The number of carboxylic acids is 1. The lowest BCUT2D eigenvalue weighted by Crippen LogP contribution is -2.36. The fourth-order valence-corrected chi connectivity index (χ4v) is 2.47. The van der Waals surface area contributed by atoms with Gasteiger partial charge in [0.1, 0.15) is 11.5 Å². The van der Waals surface area contributed by atoms with Crippen molar-refractivity contribution >= 4 is 11.6 Å². The third kappa shape index (κ3) is 1.84. The molecule has 0 aliphatic carbocycles. The number of carbonyl (C=O) groups is 1. The number of nitrogens with one attached hydrogen (secondary N) is 1. The van der Waals surface area contributed by atoms with Crippen molar-refractivity contribution in [1.29, 1.82) is 0 Å². The monoisotopic (exact) mass is 246 g/mol. The molecule has 94 valence electrons. The highest BCUT2D eigenvalue weighted by molar-refractivity contribution is 5.70. The van der Waals surface area contributed by atoms with Crippen molar-refractivity contribution in [2.45, 2.75) is 18.9 Å². The third-order valence-electron chi connectivity index (χ3n) is 3.41.